The SMILES string of the molecule is Cc1ccc(S(=O)(=O)NC2CCCCC2)cc1C(=O)Nc1ccc(F)c(F)c1. The van der Waals surface area contributed by atoms with Crippen molar-refractivity contribution >= 4 is 21.6 Å². The van der Waals surface area contributed by atoms with E-state index in [1.165, 1.54) is 18.2 Å². The molecule has 0 bridgehead atoms. The molecule has 0 aliphatic heterocycles. The molecule has 1 saturated carbocycles. The van der Waals surface area contributed by atoms with E-state index in [9.17, 15) is 22.0 Å². The molecule has 1 aliphatic rings. The van der Waals surface area contributed by atoms with E-state index in [2.05, 4.69) is 10.0 Å². The molecule has 2 aromatic rings. The number of anilines is 1. The lowest BCUT2D eigenvalue weighted by atomic mass is 9.96. The predicted molar refractivity (Wildman–Crippen MR) is 103 cm³/mol. The van der Waals surface area contributed by atoms with Gasteiger partial charge in [-0.05, 0) is 49.6 Å². The second kappa shape index (κ2) is 8.36. The minimum atomic E-state index is -3.76. The number of hydrogen-bond donors (Lipinski definition) is 2. The van der Waals surface area contributed by atoms with Gasteiger partial charge in [-0.3, -0.25) is 4.79 Å². The number of nitrogens with one attached hydrogen (secondary N) is 2. The first kappa shape index (κ1) is 20.4. The van der Waals surface area contributed by atoms with Crippen molar-refractivity contribution in [1.29, 1.82) is 0 Å². The number of halogens is 2. The number of carbonyl (C=O) groups is 1. The van der Waals surface area contributed by atoms with Crippen molar-refractivity contribution < 1.29 is 22.0 Å². The molecule has 1 amide bonds. The molecule has 0 unspecified atom stereocenters. The van der Waals surface area contributed by atoms with Crippen molar-refractivity contribution in [2.45, 2.75) is 50.0 Å². The molecular formula is C20H22F2N2O3S. The highest BCUT2D eigenvalue weighted by atomic mass is 32.2. The average Bonchev–Trinajstić information content (AvgIpc) is 2.65. The number of hydrogen-bond acceptors (Lipinski definition) is 3. The van der Waals surface area contributed by atoms with Crippen molar-refractivity contribution in [3.05, 3.63) is 59.2 Å². The van der Waals surface area contributed by atoms with Gasteiger partial charge in [0, 0.05) is 23.4 Å². The first-order valence-electron chi connectivity index (χ1n) is 9.15. The smallest absolute Gasteiger partial charge is 0.255 e. The Balaban J connectivity index is 1.81. The number of sulfonamides is 1. The van der Waals surface area contributed by atoms with Gasteiger partial charge in [-0.2, -0.15) is 0 Å². The van der Waals surface area contributed by atoms with Crippen molar-refractivity contribution in [3.63, 3.8) is 0 Å². The Hall–Kier alpha value is -2.32. The average molecular weight is 408 g/mol. The van der Waals surface area contributed by atoms with Crippen LogP contribution in [0.3, 0.4) is 0 Å². The predicted octanol–water partition coefficient (Wildman–Crippen LogP) is 4.14. The number of benzene rings is 2. The molecule has 0 radical (unpaired) electrons. The fraction of sp³-hybridized carbons (Fsp3) is 0.350. The van der Waals surface area contributed by atoms with E-state index in [1.807, 2.05) is 0 Å². The van der Waals surface area contributed by atoms with Crippen molar-refractivity contribution in [2.24, 2.45) is 0 Å². The zero-order valence-electron chi connectivity index (χ0n) is 15.5. The number of aryl methyl sites for hydroxylation is 1. The highest BCUT2D eigenvalue weighted by molar-refractivity contribution is 7.89. The van der Waals surface area contributed by atoms with E-state index >= 15 is 0 Å². The van der Waals surface area contributed by atoms with E-state index in [-0.39, 0.29) is 22.2 Å². The van der Waals surface area contributed by atoms with Crippen LogP contribution in [0.2, 0.25) is 0 Å². The van der Waals surface area contributed by atoms with Gasteiger partial charge in [-0.1, -0.05) is 25.3 Å². The van der Waals surface area contributed by atoms with Gasteiger partial charge in [-0.15, -0.1) is 0 Å². The summed E-state index contributed by atoms with van der Waals surface area (Å²) in [6.07, 6.45) is 4.69. The molecule has 5 nitrogen and oxygen atoms in total. The van der Waals surface area contributed by atoms with Crippen LogP contribution in [-0.4, -0.2) is 20.4 Å². The molecule has 0 saturated heterocycles. The van der Waals surface area contributed by atoms with Gasteiger partial charge in [0.15, 0.2) is 11.6 Å². The molecule has 28 heavy (non-hydrogen) atoms. The second-order valence-electron chi connectivity index (χ2n) is 7.02. The van der Waals surface area contributed by atoms with Crippen LogP contribution in [-0.2, 0) is 10.0 Å². The Bertz CT molecular complexity index is 987. The van der Waals surface area contributed by atoms with E-state index in [4.69, 9.17) is 0 Å². The molecule has 1 aliphatic carbocycles. The molecule has 0 spiro atoms. The molecule has 0 heterocycles. The zero-order chi connectivity index (χ0) is 20.3. The Labute approximate surface area is 163 Å². The van der Waals surface area contributed by atoms with Crippen molar-refractivity contribution in [1.82, 2.24) is 4.72 Å². The maximum atomic E-state index is 13.3. The second-order valence-corrected chi connectivity index (χ2v) is 8.73. The molecule has 2 N–H and O–H groups in total. The topological polar surface area (TPSA) is 75.3 Å². The molecule has 1 fully saturated rings. The Kier molecular flexibility index (Phi) is 6.10. The lowest BCUT2D eigenvalue weighted by Gasteiger charge is -2.22. The monoisotopic (exact) mass is 408 g/mol. The van der Waals surface area contributed by atoms with Crippen LogP contribution in [0.15, 0.2) is 41.3 Å². The van der Waals surface area contributed by atoms with Gasteiger partial charge < -0.3 is 5.32 Å². The molecular weight excluding hydrogens is 386 g/mol. The van der Waals surface area contributed by atoms with Gasteiger partial charge in [-0.25, -0.2) is 21.9 Å². The molecule has 0 aromatic heterocycles. The van der Waals surface area contributed by atoms with E-state index in [0.29, 0.717) is 5.56 Å². The maximum absolute atomic E-state index is 13.3. The summed E-state index contributed by atoms with van der Waals surface area (Å²) in [6.45, 7) is 1.67. The van der Waals surface area contributed by atoms with Crippen LogP contribution < -0.4 is 10.0 Å². The first-order valence-corrected chi connectivity index (χ1v) is 10.6. The Morgan fingerprint density at radius 2 is 1.71 bits per heavy atom. The summed E-state index contributed by atoms with van der Waals surface area (Å²) in [5.41, 5.74) is 0.796. The highest BCUT2D eigenvalue weighted by Crippen LogP contribution is 2.22. The van der Waals surface area contributed by atoms with Gasteiger partial charge >= 0.3 is 0 Å². The fourth-order valence-electron chi connectivity index (χ4n) is 3.29. The van der Waals surface area contributed by atoms with Gasteiger partial charge in [0.2, 0.25) is 10.0 Å². The largest absolute Gasteiger partial charge is 0.322 e. The third-order valence-electron chi connectivity index (χ3n) is 4.87. The summed E-state index contributed by atoms with van der Waals surface area (Å²) in [6, 6.07) is 7.22. The molecule has 2 aromatic carbocycles. The zero-order valence-corrected chi connectivity index (χ0v) is 16.3. The van der Waals surface area contributed by atoms with Crippen molar-refractivity contribution in [3.8, 4) is 0 Å². The third-order valence-corrected chi connectivity index (χ3v) is 6.39. The maximum Gasteiger partial charge on any atom is 0.255 e. The third kappa shape index (κ3) is 4.74. The van der Waals surface area contributed by atoms with Gasteiger partial charge in [0.1, 0.15) is 0 Å². The summed E-state index contributed by atoms with van der Waals surface area (Å²) in [7, 11) is -3.76. The summed E-state index contributed by atoms with van der Waals surface area (Å²) in [5, 5.41) is 2.47. The molecule has 8 heteroatoms. The van der Waals surface area contributed by atoms with Gasteiger partial charge in [0.25, 0.3) is 5.91 Å². The van der Waals surface area contributed by atoms with Crippen LogP contribution in [0.5, 0.6) is 0 Å². The summed E-state index contributed by atoms with van der Waals surface area (Å²) in [4.78, 5) is 12.6. The quantitative estimate of drug-likeness (QED) is 0.781. The van der Waals surface area contributed by atoms with Crippen LogP contribution in [0.25, 0.3) is 0 Å². The summed E-state index contributed by atoms with van der Waals surface area (Å²) < 4.78 is 54.5. The molecule has 0 atom stereocenters. The number of carbonyl (C=O) groups excluding carboxylic acids is 1. The van der Waals surface area contributed by atoms with Crippen LogP contribution in [0.1, 0.15) is 48.0 Å². The minimum absolute atomic E-state index is 0.000824. The van der Waals surface area contributed by atoms with Crippen LogP contribution >= 0.6 is 0 Å². The number of rotatable bonds is 5. The number of amides is 1. The standard InChI is InChI=1S/C20H22F2N2O3S/c1-13-7-9-16(28(26,27)24-14-5-3-2-4-6-14)12-17(13)20(25)23-15-8-10-18(21)19(22)11-15/h7-12,14,24H,2-6H2,1H3,(H,23,25). The lowest BCUT2D eigenvalue weighted by Crippen LogP contribution is -2.36. The molecule has 150 valence electrons. The van der Waals surface area contributed by atoms with Gasteiger partial charge in [0.05, 0.1) is 4.90 Å². The van der Waals surface area contributed by atoms with Crippen LogP contribution in [0, 0.1) is 18.6 Å². The highest BCUT2D eigenvalue weighted by Gasteiger charge is 2.23. The van der Waals surface area contributed by atoms with E-state index in [1.54, 1.807) is 13.0 Å². The first-order chi connectivity index (χ1) is 13.3. The van der Waals surface area contributed by atoms with E-state index < -0.39 is 27.6 Å². The normalized spacial score (nSPS) is 15.4. The van der Waals surface area contributed by atoms with E-state index in [0.717, 1.165) is 44.2 Å². The lowest BCUT2D eigenvalue weighted by molar-refractivity contribution is 0.102. The van der Waals surface area contributed by atoms with Crippen LogP contribution in [0.4, 0.5) is 14.5 Å². The fourth-order valence-corrected chi connectivity index (χ4v) is 4.62. The Morgan fingerprint density at radius 3 is 2.39 bits per heavy atom. The minimum Gasteiger partial charge on any atom is -0.322 e. The van der Waals surface area contributed by atoms with Crippen molar-refractivity contribution in [2.75, 3.05) is 5.32 Å². The molecule has 3 rings (SSSR count). The summed E-state index contributed by atoms with van der Waals surface area (Å²) >= 11 is 0. The summed E-state index contributed by atoms with van der Waals surface area (Å²) in [5.74, 6) is -2.70. The Morgan fingerprint density at radius 1 is 1.00 bits per heavy atom.